The Kier molecular flexibility index (Phi) is 6.08. The smallest absolute Gasteiger partial charge is 0.271 e. The second kappa shape index (κ2) is 7.82. The topological polar surface area (TPSA) is 127 Å². The number of rotatable bonds is 7. The van der Waals surface area contributed by atoms with Crippen LogP contribution in [0.2, 0.25) is 0 Å². The molecular weight excluding hydrogens is 262 g/mol. The van der Waals surface area contributed by atoms with Crippen molar-refractivity contribution in [1.29, 1.82) is 0 Å². The first-order chi connectivity index (χ1) is 9.54. The minimum atomic E-state index is -0.721. The SMILES string of the molecule is CCC[C@H](NC(=O)CNC(=O)c1cnccn1)C(N)=O. The summed E-state index contributed by atoms with van der Waals surface area (Å²) in [6, 6.07) is -0.721. The number of primary amides is 1. The molecule has 0 radical (unpaired) electrons. The van der Waals surface area contributed by atoms with E-state index in [9.17, 15) is 14.4 Å². The third-order valence-corrected chi connectivity index (χ3v) is 2.46. The molecule has 8 heteroatoms. The Bertz CT molecular complexity index is 477. The maximum atomic E-state index is 11.6. The number of carbonyl (C=O) groups is 3. The second-order valence-electron chi connectivity index (χ2n) is 4.08. The maximum absolute atomic E-state index is 11.6. The molecule has 4 N–H and O–H groups in total. The van der Waals surface area contributed by atoms with Crippen LogP contribution in [0.1, 0.15) is 30.3 Å². The highest BCUT2D eigenvalue weighted by molar-refractivity contribution is 5.95. The molecule has 0 fully saturated rings. The Morgan fingerprint density at radius 1 is 1.35 bits per heavy atom. The van der Waals surface area contributed by atoms with Gasteiger partial charge in [-0.1, -0.05) is 13.3 Å². The van der Waals surface area contributed by atoms with Crippen LogP contribution in [-0.2, 0) is 9.59 Å². The van der Waals surface area contributed by atoms with E-state index in [0.717, 1.165) is 0 Å². The lowest BCUT2D eigenvalue weighted by molar-refractivity contribution is -0.126. The molecule has 3 amide bonds. The molecule has 0 unspecified atom stereocenters. The zero-order chi connectivity index (χ0) is 15.0. The predicted molar refractivity (Wildman–Crippen MR) is 70.4 cm³/mol. The number of aromatic nitrogens is 2. The zero-order valence-corrected chi connectivity index (χ0v) is 11.1. The van der Waals surface area contributed by atoms with Crippen molar-refractivity contribution < 1.29 is 14.4 Å². The van der Waals surface area contributed by atoms with Crippen LogP contribution in [0.4, 0.5) is 0 Å². The number of carbonyl (C=O) groups excluding carboxylic acids is 3. The van der Waals surface area contributed by atoms with Gasteiger partial charge in [0, 0.05) is 12.4 Å². The van der Waals surface area contributed by atoms with Gasteiger partial charge in [-0.05, 0) is 6.42 Å². The summed E-state index contributed by atoms with van der Waals surface area (Å²) in [5.41, 5.74) is 5.27. The lowest BCUT2D eigenvalue weighted by atomic mass is 10.1. The Morgan fingerprint density at radius 2 is 2.10 bits per heavy atom. The van der Waals surface area contributed by atoms with E-state index in [-0.39, 0.29) is 12.2 Å². The van der Waals surface area contributed by atoms with E-state index < -0.39 is 23.8 Å². The first kappa shape index (κ1) is 15.5. The summed E-state index contributed by atoms with van der Waals surface area (Å²) >= 11 is 0. The minimum Gasteiger partial charge on any atom is -0.368 e. The molecule has 0 aliphatic heterocycles. The average molecular weight is 279 g/mol. The molecule has 0 saturated carbocycles. The molecule has 0 spiro atoms. The summed E-state index contributed by atoms with van der Waals surface area (Å²) < 4.78 is 0. The monoisotopic (exact) mass is 279 g/mol. The Balaban J connectivity index is 2.43. The fraction of sp³-hybridized carbons (Fsp3) is 0.417. The van der Waals surface area contributed by atoms with Crippen molar-refractivity contribution in [2.75, 3.05) is 6.54 Å². The average Bonchev–Trinajstić information content (AvgIpc) is 2.45. The first-order valence-corrected chi connectivity index (χ1v) is 6.17. The molecule has 0 aliphatic carbocycles. The van der Waals surface area contributed by atoms with Crippen molar-refractivity contribution >= 4 is 17.7 Å². The summed E-state index contributed by atoms with van der Waals surface area (Å²) in [6.45, 7) is 1.61. The van der Waals surface area contributed by atoms with E-state index in [1.54, 1.807) is 0 Å². The quantitative estimate of drug-likeness (QED) is 0.588. The van der Waals surface area contributed by atoms with Gasteiger partial charge in [-0.15, -0.1) is 0 Å². The van der Waals surface area contributed by atoms with Crippen LogP contribution >= 0.6 is 0 Å². The van der Waals surface area contributed by atoms with Crippen molar-refractivity contribution in [3.05, 3.63) is 24.3 Å². The zero-order valence-electron chi connectivity index (χ0n) is 11.1. The predicted octanol–water partition coefficient (Wildman–Crippen LogP) is -1.02. The van der Waals surface area contributed by atoms with Gasteiger partial charge in [-0.2, -0.15) is 0 Å². The van der Waals surface area contributed by atoms with Crippen molar-refractivity contribution in [3.8, 4) is 0 Å². The number of amides is 3. The molecule has 0 aromatic carbocycles. The molecular formula is C12H17N5O3. The molecule has 1 aromatic heterocycles. The van der Waals surface area contributed by atoms with Crippen molar-refractivity contribution in [1.82, 2.24) is 20.6 Å². The van der Waals surface area contributed by atoms with Gasteiger partial charge in [0.05, 0.1) is 12.7 Å². The highest BCUT2D eigenvalue weighted by Crippen LogP contribution is 1.95. The molecule has 108 valence electrons. The number of nitrogens with one attached hydrogen (secondary N) is 2. The normalized spacial score (nSPS) is 11.4. The van der Waals surface area contributed by atoms with Crippen molar-refractivity contribution in [2.45, 2.75) is 25.8 Å². The summed E-state index contributed by atoms with van der Waals surface area (Å²) in [6.07, 6.45) is 5.26. The highest BCUT2D eigenvalue weighted by Gasteiger charge is 2.17. The second-order valence-corrected chi connectivity index (χ2v) is 4.08. The van der Waals surface area contributed by atoms with Gasteiger partial charge in [-0.3, -0.25) is 19.4 Å². The van der Waals surface area contributed by atoms with Crippen LogP contribution in [0.3, 0.4) is 0 Å². The molecule has 1 aromatic rings. The van der Waals surface area contributed by atoms with Gasteiger partial charge in [0.25, 0.3) is 5.91 Å². The summed E-state index contributed by atoms with van der Waals surface area (Å²) in [7, 11) is 0. The molecule has 1 atom stereocenters. The Morgan fingerprint density at radius 3 is 2.65 bits per heavy atom. The van der Waals surface area contributed by atoms with Crippen LogP contribution in [-0.4, -0.2) is 40.3 Å². The summed E-state index contributed by atoms with van der Waals surface area (Å²) in [5, 5.41) is 4.84. The van der Waals surface area contributed by atoms with E-state index >= 15 is 0 Å². The number of nitrogens with zero attached hydrogens (tertiary/aromatic N) is 2. The number of nitrogens with two attached hydrogens (primary N) is 1. The summed E-state index contributed by atoms with van der Waals surface area (Å²) in [5.74, 6) is -1.60. The van der Waals surface area contributed by atoms with E-state index in [2.05, 4.69) is 20.6 Å². The van der Waals surface area contributed by atoms with Crippen LogP contribution < -0.4 is 16.4 Å². The van der Waals surface area contributed by atoms with Crippen LogP contribution in [0.25, 0.3) is 0 Å². The first-order valence-electron chi connectivity index (χ1n) is 6.17. The van der Waals surface area contributed by atoms with Gasteiger partial charge in [0.1, 0.15) is 11.7 Å². The van der Waals surface area contributed by atoms with Crippen molar-refractivity contribution in [3.63, 3.8) is 0 Å². The third kappa shape index (κ3) is 5.01. The lowest BCUT2D eigenvalue weighted by Crippen LogP contribution is -2.47. The number of hydrogen-bond donors (Lipinski definition) is 3. The van der Waals surface area contributed by atoms with Gasteiger partial charge < -0.3 is 16.4 Å². The Labute approximate surface area is 116 Å². The van der Waals surface area contributed by atoms with Gasteiger partial charge in [0.15, 0.2) is 0 Å². The van der Waals surface area contributed by atoms with Gasteiger partial charge in [0.2, 0.25) is 11.8 Å². The lowest BCUT2D eigenvalue weighted by Gasteiger charge is -2.14. The molecule has 0 bridgehead atoms. The molecule has 8 nitrogen and oxygen atoms in total. The standard InChI is InChI=1S/C12H17N5O3/c1-2-3-8(11(13)19)17-10(18)7-16-12(20)9-6-14-4-5-15-9/h4-6,8H,2-3,7H2,1H3,(H2,13,19)(H,16,20)(H,17,18)/t8-/m0/s1. The van der Waals surface area contributed by atoms with Crippen molar-refractivity contribution in [2.24, 2.45) is 5.73 Å². The molecule has 0 aliphatic rings. The van der Waals surface area contributed by atoms with Gasteiger partial charge >= 0.3 is 0 Å². The van der Waals surface area contributed by atoms with Crippen LogP contribution in [0.15, 0.2) is 18.6 Å². The fourth-order valence-electron chi connectivity index (χ4n) is 1.49. The van der Waals surface area contributed by atoms with Gasteiger partial charge in [-0.25, -0.2) is 4.98 Å². The minimum absolute atomic E-state index is 0.111. The largest absolute Gasteiger partial charge is 0.368 e. The van der Waals surface area contributed by atoms with Crippen LogP contribution in [0.5, 0.6) is 0 Å². The highest BCUT2D eigenvalue weighted by atomic mass is 16.2. The molecule has 20 heavy (non-hydrogen) atoms. The van der Waals surface area contributed by atoms with E-state index in [1.165, 1.54) is 18.6 Å². The maximum Gasteiger partial charge on any atom is 0.271 e. The van der Waals surface area contributed by atoms with E-state index in [0.29, 0.717) is 12.8 Å². The number of hydrogen-bond acceptors (Lipinski definition) is 5. The molecule has 0 saturated heterocycles. The summed E-state index contributed by atoms with van der Waals surface area (Å²) in [4.78, 5) is 41.8. The fourth-order valence-corrected chi connectivity index (χ4v) is 1.49. The van der Waals surface area contributed by atoms with Crippen LogP contribution in [0, 0.1) is 0 Å². The molecule has 1 rings (SSSR count). The van der Waals surface area contributed by atoms with E-state index in [1.807, 2.05) is 6.92 Å². The third-order valence-electron chi connectivity index (χ3n) is 2.46. The van der Waals surface area contributed by atoms with E-state index in [4.69, 9.17) is 5.73 Å². The Hall–Kier alpha value is -2.51. The molecule has 1 heterocycles.